The van der Waals surface area contributed by atoms with Gasteiger partial charge in [-0.15, -0.1) is 0 Å². The third-order valence-corrected chi connectivity index (χ3v) is 3.61. The second-order valence-corrected chi connectivity index (χ2v) is 4.93. The number of amides is 1. The van der Waals surface area contributed by atoms with Gasteiger partial charge in [0, 0.05) is 19.5 Å². The molecule has 1 saturated heterocycles. The molecule has 2 rings (SSSR count). The SMILES string of the molecule is O=C1CCC(C(=O)O)(C(=O)O)CN1Cc1ccccc1. The molecule has 106 valence electrons. The van der Waals surface area contributed by atoms with Crippen LogP contribution < -0.4 is 0 Å². The number of carboxylic acid groups (broad SMARTS) is 2. The van der Waals surface area contributed by atoms with Gasteiger partial charge in [-0.25, -0.2) is 0 Å². The van der Waals surface area contributed by atoms with Crippen molar-refractivity contribution >= 4 is 17.8 Å². The smallest absolute Gasteiger partial charge is 0.322 e. The first-order valence-electron chi connectivity index (χ1n) is 6.24. The lowest BCUT2D eigenvalue weighted by Gasteiger charge is -2.36. The van der Waals surface area contributed by atoms with Crippen molar-refractivity contribution in [1.82, 2.24) is 4.90 Å². The van der Waals surface area contributed by atoms with E-state index in [4.69, 9.17) is 0 Å². The first-order chi connectivity index (χ1) is 9.45. The van der Waals surface area contributed by atoms with Gasteiger partial charge < -0.3 is 15.1 Å². The molecule has 1 heterocycles. The van der Waals surface area contributed by atoms with Crippen molar-refractivity contribution < 1.29 is 24.6 Å². The summed E-state index contributed by atoms with van der Waals surface area (Å²) in [7, 11) is 0. The number of benzene rings is 1. The molecule has 20 heavy (non-hydrogen) atoms. The topological polar surface area (TPSA) is 94.9 Å². The van der Waals surface area contributed by atoms with E-state index >= 15 is 0 Å². The highest BCUT2D eigenvalue weighted by Gasteiger charge is 2.51. The van der Waals surface area contributed by atoms with Gasteiger partial charge in [0.15, 0.2) is 5.41 Å². The van der Waals surface area contributed by atoms with E-state index in [1.807, 2.05) is 30.3 Å². The van der Waals surface area contributed by atoms with Gasteiger partial charge in [0.25, 0.3) is 0 Å². The van der Waals surface area contributed by atoms with Crippen molar-refractivity contribution in [3.8, 4) is 0 Å². The van der Waals surface area contributed by atoms with Crippen molar-refractivity contribution in [2.24, 2.45) is 5.41 Å². The standard InChI is InChI=1S/C14H15NO5/c16-11-6-7-14(12(17)18,13(19)20)9-15(11)8-10-4-2-1-3-5-10/h1-5H,6-9H2,(H,17,18)(H,19,20). The summed E-state index contributed by atoms with van der Waals surface area (Å²) in [5.41, 5.74) is -1.06. The lowest BCUT2D eigenvalue weighted by atomic mass is 9.79. The average Bonchev–Trinajstić information content (AvgIpc) is 2.42. The summed E-state index contributed by atoms with van der Waals surface area (Å²) in [6, 6.07) is 9.08. The summed E-state index contributed by atoms with van der Waals surface area (Å²) in [6.07, 6.45) is -0.229. The van der Waals surface area contributed by atoms with Crippen LogP contribution >= 0.6 is 0 Å². The van der Waals surface area contributed by atoms with E-state index in [-0.39, 0.29) is 31.8 Å². The number of nitrogens with zero attached hydrogens (tertiary/aromatic N) is 1. The average molecular weight is 277 g/mol. The lowest BCUT2D eigenvalue weighted by molar-refractivity contribution is -0.171. The first-order valence-corrected chi connectivity index (χ1v) is 6.24. The fraction of sp³-hybridized carbons (Fsp3) is 0.357. The van der Waals surface area contributed by atoms with Crippen LogP contribution in [0.2, 0.25) is 0 Å². The minimum absolute atomic E-state index is 0.0641. The molecule has 1 aromatic rings. The molecule has 0 unspecified atom stereocenters. The normalized spacial score (nSPS) is 17.8. The predicted molar refractivity (Wildman–Crippen MR) is 68.8 cm³/mol. The molecule has 0 spiro atoms. The molecule has 1 aliphatic rings. The molecular weight excluding hydrogens is 262 g/mol. The maximum absolute atomic E-state index is 11.9. The Labute approximate surface area is 115 Å². The van der Waals surface area contributed by atoms with Gasteiger partial charge in [0.2, 0.25) is 5.91 Å². The van der Waals surface area contributed by atoms with Crippen LogP contribution in [-0.4, -0.2) is 39.5 Å². The van der Waals surface area contributed by atoms with Crippen LogP contribution in [0.1, 0.15) is 18.4 Å². The van der Waals surface area contributed by atoms with E-state index in [1.54, 1.807) is 0 Å². The van der Waals surface area contributed by atoms with E-state index in [0.29, 0.717) is 0 Å². The number of hydrogen-bond acceptors (Lipinski definition) is 3. The van der Waals surface area contributed by atoms with Crippen LogP contribution in [0.3, 0.4) is 0 Å². The number of carboxylic acids is 2. The zero-order valence-corrected chi connectivity index (χ0v) is 10.8. The lowest BCUT2D eigenvalue weighted by Crippen LogP contribution is -2.54. The molecule has 0 aliphatic carbocycles. The number of aliphatic carboxylic acids is 2. The molecule has 0 atom stereocenters. The Hall–Kier alpha value is -2.37. The summed E-state index contributed by atoms with van der Waals surface area (Å²) >= 11 is 0. The van der Waals surface area contributed by atoms with Crippen molar-refractivity contribution in [1.29, 1.82) is 0 Å². The number of rotatable bonds is 4. The maximum Gasteiger partial charge on any atom is 0.322 e. The number of hydrogen-bond donors (Lipinski definition) is 2. The molecular formula is C14H15NO5. The van der Waals surface area contributed by atoms with Crippen LogP contribution in [0.25, 0.3) is 0 Å². The highest BCUT2D eigenvalue weighted by molar-refractivity contribution is 6.00. The molecule has 2 N–H and O–H groups in total. The Balaban J connectivity index is 2.22. The summed E-state index contributed by atoms with van der Waals surface area (Å²) in [6.45, 7) is -0.0760. The molecule has 1 aliphatic heterocycles. The van der Waals surface area contributed by atoms with Crippen LogP contribution in [0, 0.1) is 5.41 Å². The molecule has 1 aromatic carbocycles. The molecule has 0 saturated carbocycles. The van der Waals surface area contributed by atoms with Crippen molar-refractivity contribution in [3.05, 3.63) is 35.9 Å². The summed E-state index contributed by atoms with van der Waals surface area (Å²) in [4.78, 5) is 35.8. The molecule has 6 heteroatoms. The fourth-order valence-electron chi connectivity index (χ4n) is 2.36. The number of carbonyl (C=O) groups excluding carboxylic acids is 1. The third-order valence-electron chi connectivity index (χ3n) is 3.61. The van der Waals surface area contributed by atoms with Gasteiger partial charge in [-0.2, -0.15) is 0 Å². The quantitative estimate of drug-likeness (QED) is 0.799. The van der Waals surface area contributed by atoms with Crippen LogP contribution in [0.15, 0.2) is 30.3 Å². The highest BCUT2D eigenvalue weighted by Crippen LogP contribution is 2.32. The molecule has 6 nitrogen and oxygen atoms in total. The second-order valence-electron chi connectivity index (χ2n) is 4.93. The van der Waals surface area contributed by atoms with E-state index in [1.165, 1.54) is 4.90 Å². The fourth-order valence-corrected chi connectivity index (χ4v) is 2.36. The zero-order valence-electron chi connectivity index (χ0n) is 10.8. The monoisotopic (exact) mass is 277 g/mol. The molecule has 0 bridgehead atoms. The molecule has 0 radical (unpaired) electrons. The van der Waals surface area contributed by atoms with Gasteiger partial charge in [-0.1, -0.05) is 30.3 Å². The molecule has 0 aromatic heterocycles. The van der Waals surface area contributed by atoms with Crippen LogP contribution in [0.5, 0.6) is 0 Å². The number of carbonyl (C=O) groups is 3. The number of piperidine rings is 1. The second kappa shape index (κ2) is 5.32. The van der Waals surface area contributed by atoms with Crippen molar-refractivity contribution in [3.63, 3.8) is 0 Å². The Bertz CT molecular complexity index is 526. The summed E-state index contributed by atoms with van der Waals surface area (Å²) < 4.78 is 0. The summed E-state index contributed by atoms with van der Waals surface area (Å²) in [5.74, 6) is -3.00. The number of likely N-dealkylation sites (tertiary alicyclic amines) is 1. The molecule has 1 fully saturated rings. The van der Waals surface area contributed by atoms with E-state index in [9.17, 15) is 24.6 Å². The van der Waals surface area contributed by atoms with Gasteiger partial charge >= 0.3 is 11.9 Å². The maximum atomic E-state index is 11.9. The Morgan fingerprint density at radius 1 is 1.15 bits per heavy atom. The minimum Gasteiger partial charge on any atom is -0.480 e. The summed E-state index contributed by atoms with van der Waals surface area (Å²) in [5, 5.41) is 18.4. The van der Waals surface area contributed by atoms with E-state index < -0.39 is 17.4 Å². The van der Waals surface area contributed by atoms with Crippen LogP contribution in [-0.2, 0) is 20.9 Å². The van der Waals surface area contributed by atoms with E-state index in [2.05, 4.69) is 0 Å². The van der Waals surface area contributed by atoms with Gasteiger partial charge in [-0.05, 0) is 12.0 Å². The third kappa shape index (κ3) is 2.49. The Morgan fingerprint density at radius 2 is 1.75 bits per heavy atom. The Kier molecular flexibility index (Phi) is 3.74. The van der Waals surface area contributed by atoms with Crippen LogP contribution in [0.4, 0.5) is 0 Å². The molecule has 1 amide bonds. The van der Waals surface area contributed by atoms with E-state index in [0.717, 1.165) is 5.56 Å². The van der Waals surface area contributed by atoms with Gasteiger partial charge in [0.05, 0.1) is 0 Å². The minimum atomic E-state index is -1.90. The van der Waals surface area contributed by atoms with Crippen molar-refractivity contribution in [2.75, 3.05) is 6.54 Å². The van der Waals surface area contributed by atoms with Gasteiger partial charge in [0.1, 0.15) is 0 Å². The zero-order chi connectivity index (χ0) is 14.8. The Morgan fingerprint density at radius 3 is 2.30 bits per heavy atom. The first kappa shape index (κ1) is 14.0. The highest BCUT2D eigenvalue weighted by atomic mass is 16.4. The van der Waals surface area contributed by atoms with Crippen molar-refractivity contribution in [2.45, 2.75) is 19.4 Å². The predicted octanol–water partition coefficient (Wildman–Crippen LogP) is 0.965. The van der Waals surface area contributed by atoms with Gasteiger partial charge in [-0.3, -0.25) is 14.4 Å². The largest absolute Gasteiger partial charge is 0.480 e.